The largest absolute Gasteiger partial charge is 0.368 e. The van der Waals surface area contributed by atoms with Gasteiger partial charge in [0.15, 0.2) is 5.69 Å². The second kappa shape index (κ2) is 7.15. The smallest absolute Gasteiger partial charge is 0.271 e. The molecule has 0 aliphatic heterocycles. The minimum Gasteiger partial charge on any atom is -0.368 e. The van der Waals surface area contributed by atoms with Crippen LogP contribution in [0.25, 0.3) is 0 Å². The lowest BCUT2D eigenvalue weighted by Gasteiger charge is -2.11. The average molecular weight is 301 g/mol. The summed E-state index contributed by atoms with van der Waals surface area (Å²) in [6.07, 6.45) is 0. The van der Waals surface area contributed by atoms with Crippen molar-refractivity contribution in [2.45, 2.75) is 6.92 Å². The fraction of sp³-hybridized carbons (Fsp3) is 0.545. The van der Waals surface area contributed by atoms with Gasteiger partial charge in [-0.3, -0.25) is 4.79 Å². The summed E-state index contributed by atoms with van der Waals surface area (Å²) in [6, 6.07) is 3.11. The summed E-state index contributed by atoms with van der Waals surface area (Å²) in [7, 11) is -0.274. The van der Waals surface area contributed by atoms with Crippen molar-refractivity contribution in [2.75, 3.05) is 38.3 Å². The van der Waals surface area contributed by atoms with Gasteiger partial charge in [0.05, 0.1) is 5.75 Å². The van der Waals surface area contributed by atoms with Crippen LogP contribution in [0.3, 0.4) is 0 Å². The van der Waals surface area contributed by atoms with Crippen molar-refractivity contribution in [3.63, 3.8) is 0 Å². The lowest BCUT2D eigenvalue weighted by molar-refractivity contribution is 0.0950. The van der Waals surface area contributed by atoms with Crippen LogP contribution in [0.2, 0.25) is 0 Å². The molecule has 0 fully saturated rings. The highest BCUT2D eigenvalue weighted by molar-refractivity contribution is 7.89. The minimum atomic E-state index is -3.24. The molecule has 0 spiro atoms. The second-order valence-corrected chi connectivity index (χ2v) is 6.49. The Balaban J connectivity index is 2.53. The Labute approximate surface area is 118 Å². The number of rotatable bonds is 7. The monoisotopic (exact) mass is 301 g/mol. The number of hydrogen-bond acceptors (Lipinski definition) is 6. The zero-order chi connectivity index (χ0) is 15.2. The average Bonchev–Trinajstić information content (AvgIpc) is 2.39. The third-order valence-corrected chi connectivity index (χ3v) is 4.29. The molecule has 8 nitrogen and oxygen atoms in total. The number of amides is 1. The van der Waals surface area contributed by atoms with Crippen LogP contribution in [0.1, 0.15) is 17.4 Å². The number of nitrogens with one attached hydrogen (secondary N) is 2. The van der Waals surface area contributed by atoms with Crippen molar-refractivity contribution in [1.29, 1.82) is 0 Å². The van der Waals surface area contributed by atoms with Crippen LogP contribution in [-0.2, 0) is 10.0 Å². The number of nitrogens with zero attached hydrogens (tertiary/aromatic N) is 3. The molecule has 0 atom stereocenters. The minimum absolute atomic E-state index is 0.0419. The van der Waals surface area contributed by atoms with Crippen LogP contribution in [-0.4, -0.2) is 61.8 Å². The van der Waals surface area contributed by atoms with Crippen LogP contribution in [0.4, 0.5) is 5.82 Å². The van der Waals surface area contributed by atoms with Gasteiger partial charge in [-0.05, 0) is 19.1 Å². The molecule has 1 aromatic rings. The number of anilines is 1. The summed E-state index contributed by atoms with van der Waals surface area (Å²) in [5.74, 6) is 0.0912. The van der Waals surface area contributed by atoms with Crippen LogP contribution >= 0.6 is 0 Å². The number of carbonyl (C=O) groups excluding carboxylic acids is 1. The van der Waals surface area contributed by atoms with E-state index >= 15 is 0 Å². The van der Waals surface area contributed by atoms with E-state index in [0.29, 0.717) is 12.4 Å². The second-order valence-electron chi connectivity index (χ2n) is 4.19. The van der Waals surface area contributed by atoms with Crippen molar-refractivity contribution in [3.8, 4) is 0 Å². The molecule has 0 aromatic carbocycles. The predicted octanol–water partition coefficient (Wildman–Crippen LogP) is -0.470. The Hall–Kier alpha value is -1.74. The molecular formula is C11H19N5O3S. The first-order valence-electron chi connectivity index (χ1n) is 6.13. The molecule has 1 aromatic heterocycles. The van der Waals surface area contributed by atoms with Crippen molar-refractivity contribution >= 4 is 21.7 Å². The maximum Gasteiger partial charge on any atom is 0.271 e. The van der Waals surface area contributed by atoms with Gasteiger partial charge in [-0.1, -0.05) is 0 Å². The highest BCUT2D eigenvalue weighted by atomic mass is 32.2. The van der Waals surface area contributed by atoms with Gasteiger partial charge in [0.2, 0.25) is 10.0 Å². The molecule has 0 unspecified atom stereocenters. The van der Waals surface area contributed by atoms with E-state index in [1.54, 1.807) is 6.07 Å². The van der Waals surface area contributed by atoms with Crippen molar-refractivity contribution < 1.29 is 13.2 Å². The van der Waals surface area contributed by atoms with Gasteiger partial charge in [0, 0.05) is 27.2 Å². The number of hydrogen-bond donors (Lipinski definition) is 2. The highest BCUT2D eigenvalue weighted by Crippen LogP contribution is 2.02. The zero-order valence-electron chi connectivity index (χ0n) is 11.8. The summed E-state index contributed by atoms with van der Waals surface area (Å²) in [6.45, 7) is 2.55. The molecule has 0 aliphatic carbocycles. The van der Waals surface area contributed by atoms with E-state index in [0.717, 1.165) is 0 Å². The van der Waals surface area contributed by atoms with Crippen LogP contribution in [0.15, 0.2) is 12.1 Å². The van der Waals surface area contributed by atoms with E-state index in [4.69, 9.17) is 0 Å². The fourth-order valence-corrected chi connectivity index (χ4v) is 2.01. The van der Waals surface area contributed by atoms with Crippen molar-refractivity contribution in [3.05, 3.63) is 17.8 Å². The lowest BCUT2D eigenvalue weighted by Crippen LogP contribution is -2.28. The summed E-state index contributed by atoms with van der Waals surface area (Å²) < 4.78 is 24.2. The molecule has 0 saturated heterocycles. The predicted molar refractivity (Wildman–Crippen MR) is 76.0 cm³/mol. The normalized spacial score (nSPS) is 11.4. The first kappa shape index (κ1) is 16.3. The molecule has 1 heterocycles. The first-order chi connectivity index (χ1) is 9.36. The van der Waals surface area contributed by atoms with Gasteiger partial charge in [-0.2, -0.15) is 0 Å². The number of aromatic nitrogens is 2. The van der Waals surface area contributed by atoms with E-state index in [9.17, 15) is 13.2 Å². The van der Waals surface area contributed by atoms with E-state index in [-0.39, 0.29) is 23.9 Å². The maximum atomic E-state index is 11.5. The standard InChI is InChI=1S/C11H19N5O3S/c1-4-12-11(17)9-5-6-10(15-14-9)13-7-8-20(18,19)16(2)3/h5-6H,4,7-8H2,1-3H3,(H,12,17)(H,13,15). The van der Waals surface area contributed by atoms with Gasteiger partial charge < -0.3 is 10.6 Å². The van der Waals surface area contributed by atoms with E-state index < -0.39 is 10.0 Å². The molecule has 2 N–H and O–H groups in total. The molecule has 9 heteroatoms. The third-order valence-electron chi connectivity index (χ3n) is 2.46. The molecule has 20 heavy (non-hydrogen) atoms. The highest BCUT2D eigenvalue weighted by Gasteiger charge is 2.13. The number of carbonyl (C=O) groups is 1. The summed E-state index contributed by atoms with van der Waals surface area (Å²) >= 11 is 0. The topological polar surface area (TPSA) is 104 Å². The van der Waals surface area contributed by atoms with E-state index in [2.05, 4.69) is 20.8 Å². The van der Waals surface area contributed by atoms with Crippen molar-refractivity contribution in [2.24, 2.45) is 0 Å². The first-order valence-corrected chi connectivity index (χ1v) is 7.73. The Morgan fingerprint density at radius 3 is 2.50 bits per heavy atom. The quantitative estimate of drug-likeness (QED) is 0.705. The molecular weight excluding hydrogens is 282 g/mol. The SMILES string of the molecule is CCNC(=O)c1ccc(NCCS(=O)(=O)N(C)C)nn1. The van der Waals surface area contributed by atoms with Gasteiger partial charge in [-0.25, -0.2) is 12.7 Å². The zero-order valence-corrected chi connectivity index (χ0v) is 12.6. The molecule has 112 valence electrons. The van der Waals surface area contributed by atoms with E-state index in [1.165, 1.54) is 24.5 Å². The number of sulfonamides is 1. The van der Waals surface area contributed by atoms with Crippen LogP contribution < -0.4 is 10.6 Å². The molecule has 0 saturated carbocycles. The van der Waals surface area contributed by atoms with Gasteiger partial charge in [0.1, 0.15) is 5.82 Å². The summed E-state index contributed by atoms with van der Waals surface area (Å²) in [4.78, 5) is 11.5. The Morgan fingerprint density at radius 1 is 1.30 bits per heavy atom. The van der Waals surface area contributed by atoms with Gasteiger partial charge >= 0.3 is 0 Å². The van der Waals surface area contributed by atoms with Gasteiger partial charge in [-0.15, -0.1) is 10.2 Å². The molecule has 0 aliphatic rings. The summed E-state index contributed by atoms with van der Waals surface area (Å²) in [5, 5.41) is 13.0. The third kappa shape index (κ3) is 4.74. The molecule has 1 amide bonds. The molecule has 0 radical (unpaired) electrons. The van der Waals surface area contributed by atoms with Gasteiger partial charge in [0.25, 0.3) is 5.91 Å². The molecule has 0 bridgehead atoms. The Kier molecular flexibility index (Phi) is 5.83. The molecule has 1 rings (SSSR count). The Morgan fingerprint density at radius 2 is 2.00 bits per heavy atom. The fourth-order valence-electron chi connectivity index (χ4n) is 1.29. The van der Waals surface area contributed by atoms with Crippen molar-refractivity contribution in [1.82, 2.24) is 19.8 Å². The Bertz CT molecular complexity index is 542. The maximum absolute atomic E-state index is 11.5. The van der Waals surface area contributed by atoms with E-state index in [1.807, 2.05) is 6.92 Å². The lowest BCUT2D eigenvalue weighted by atomic mass is 10.3. The summed E-state index contributed by atoms with van der Waals surface area (Å²) in [5.41, 5.74) is 0.221. The van der Waals surface area contributed by atoms with Crippen LogP contribution in [0.5, 0.6) is 0 Å². The van der Waals surface area contributed by atoms with Crippen LogP contribution in [0, 0.1) is 0 Å².